The van der Waals surface area contributed by atoms with Crippen LogP contribution in [0.15, 0.2) is 24.3 Å². The van der Waals surface area contributed by atoms with Crippen molar-refractivity contribution in [3.8, 4) is 5.75 Å². The number of hydrogen-bond donors (Lipinski definition) is 0. The average Bonchev–Trinajstić information content (AvgIpc) is 2.30. The summed E-state index contributed by atoms with van der Waals surface area (Å²) < 4.78 is 9.52. The predicted molar refractivity (Wildman–Crippen MR) is 53.8 cm³/mol. The van der Waals surface area contributed by atoms with E-state index in [0.29, 0.717) is 17.6 Å². The first kappa shape index (κ1) is 11.2. The average molecular weight is 208 g/mol. The zero-order chi connectivity index (χ0) is 11.3. The van der Waals surface area contributed by atoms with E-state index in [1.54, 1.807) is 24.3 Å². The molecule has 80 valence electrons. The van der Waals surface area contributed by atoms with Crippen molar-refractivity contribution in [2.75, 3.05) is 14.2 Å². The third-order valence-electron chi connectivity index (χ3n) is 2.04. The van der Waals surface area contributed by atoms with Crippen LogP contribution in [-0.4, -0.2) is 26.5 Å². The zero-order valence-corrected chi connectivity index (χ0v) is 8.60. The van der Waals surface area contributed by atoms with Crippen molar-refractivity contribution < 1.29 is 19.1 Å². The molecule has 0 bridgehead atoms. The maximum absolute atomic E-state index is 11.2. The summed E-state index contributed by atoms with van der Waals surface area (Å²) in [6, 6.07) is 6.77. The lowest BCUT2D eigenvalue weighted by atomic mass is 10.0. The largest absolute Gasteiger partial charge is 0.497 e. The first-order valence-corrected chi connectivity index (χ1v) is 4.40. The van der Waals surface area contributed by atoms with Gasteiger partial charge in [0.25, 0.3) is 0 Å². The van der Waals surface area contributed by atoms with E-state index in [-0.39, 0.29) is 0 Å². The lowest BCUT2D eigenvalue weighted by Gasteiger charge is -2.09. The van der Waals surface area contributed by atoms with E-state index in [2.05, 4.69) is 4.74 Å². The van der Waals surface area contributed by atoms with Gasteiger partial charge in [0.15, 0.2) is 0 Å². The number of aldehydes is 1. The van der Waals surface area contributed by atoms with E-state index < -0.39 is 11.9 Å². The van der Waals surface area contributed by atoms with Crippen molar-refractivity contribution in [2.24, 2.45) is 0 Å². The predicted octanol–water partition coefficient (Wildman–Crippen LogP) is 1.15. The first-order chi connectivity index (χ1) is 7.22. The molecule has 0 fully saturated rings. The van der Waals surface area contributed by atoms with Crippen LogP contribution in [0, 0.1) is 0 Å². The van der Waals surface area contributed by atoms with Crippen molar-refractivity contribution >= 4 is 12.3 Å². The highest BCUT2D eigenvalue weighted by atomic mass is 16.5. The number of methoxy groups -OCH3 is 2. The summed E-state index contributed by atoms with van der Waals surface area (Å²) in [5.41, 5.74) is 0.566. The summed E-state index contributed by atoms with van der Waals surface area (Å²) in [5.74, 6) is -0.855. The highest BCUT2D eigenvalue weighted by molar-refractivity contribution is 5.94. The molecule has 15 heavy (non-hydrogen) atoms. The number of rotatable bonds is 4. The molecule has 0 aliphatic heterocycles. The van der Waals surface area contributed by atoms with Gasteiger partial charge in [-0.1, -0.05) is 12.1 Å². The SMILES string of the molecule is COC(=O)C(C=O)c1cccc(OC)c1. The molecule has 0 saturated heterocycles. The van der Waals surface area contributed by atoms with Gasteiger partial charge in [-0.25, -0.2) is 0 Å². The summed E-state index contributed by atoms with van der Waals surface area (Å²) in [4.78, 5) is 22.0. The van der Waals surface area contributed by atoms with E-state index in [0.717, 1.165) is 0 Å². The standard InChI is InChI=1S/C11H12O4/c1-14-9-5-3-4-8(6-9)10(7-12)11(13)15-2/h3-7,10H,1-2H3. The first-order valence-electron chi connectivity index (χ1n) is 4.40. The van der Waals surface area contributed by atoms with Crippen molar-refractivity contribution in [3.63, 3.8) is 0 Å². The Hall–Kier alpha value is -1.84. The van der Waals surface area contributed by atoms with Crippen molar-refractivity contribution in [1.29, 1.82) is 0 Å². The van der Waals surface area contributed by atoms with E-state index in [9.17, 15) is 9.59 Å². The van der Waals surface area contributed by atoms with Gasteiger partial charge in [0.2, 0.25) is 0 Å². The fourth-order valence-electron chi connectivity index (χ4n) is 1.23. The molecule has 1 unspecified atom stereocenters. The van der Waals surface area contributed by atoms with Crippen LogP contribution in [0.2, 0.25) is 0 Å². The molecular weight excluding hydrogens is 196 g/mol. The van der Waals surface area contributed by atoms with Crippen LogP contribution in [0.4, 0.5) is 0 Å². The van der Waals surface area contributed by atoms with Crippen LogP contribution in [0.1, 0.15) is 11.5 Å². The second-order valence-corrected chi connectivity index (χ2v) is 2.91. The lowest BCUT2D eigenvalue weighted by molar-refractivity contribution is -0.143. The van der Waals surface area contributed by atoms with Crippen LogP contribution < -0.4 is 4.74 Å². The van der Waals surface area contributed by atoms with E-state index in [1.807, 2.05) is 0 Å². The molecule has 1 aromatic rings. The Balaban J connectivity index is 3.01. The van der Waals surface area contributed by atoms with Crippen molar-refractivity contribution in [1.82, 2.24) is 0 Å². The molecule has 0 amide bonds. The Labute approximate surface area is 87.8 Å². The molecule has 0 heterocycles. The van der Waals surface area contributed by atoms with Crippen LogP contribution in [0.5, 0.6) is 5.75 Å². The maximum Gasteiger partial charge on any atom is 0.320 e. The van der Waals surface area contributed by atoms with Gasteiger partial charge in [-0.3, -0.25) is 4.79 Å². The molecule has 0 aromatic heterocycles. The number of benzene rings is 1. The second-order valence-electron chi connectivity index (χ2n) is 2.91. The fraction of sp³-hybridized carbons (Fsp3) is 0.273. The van der Waals surface area contributed by atoms with Crippen LogP contribution in [-0.2, 0) is 14.3 Å². The van der Waals surface area contributed by atoms with E-state index in [4.69, 9.17) is 4.74 Å². The minimum absolute atomic E-state index is 0.556. The van der Waals surface area contributed by atoms with Gasteiger partial charge in [0, 0.05) is 0 Å². The third-order valence-corrected chi connectivity index (χ3v) is 2.04. The van der Waals surface area contributed by atoms with Gasteiger partial charge >= 0.3 is 5.97 Å². The molecule has 0 radical (unpaired) electrons. The number of hydrogen-bond acceptors (Lipinski definition) is 4. The maximum atomic E-state index is 11.2. The van der Waals surface area contributed by atoms with Crippen LogP contribution >= 0.6 is 0 Å². The van der Waals surface area contributed by atoms with E-state index in [1.165, 1.54) is 14.2 Å². The summed E-state index contributed by atoms with van der Waals surface area (Å²) in [6.07, 6.45) is 0.556. The molecule has 1 rings (SSSR count). The van der Waals surface area contributed by atoms with Gasteiger partial charge in [0.05, 0.1) is 14.2 Å². The lowest BCUT2D eigenvalue weighted by Crippen LogP contribution is -2.15. The normalized spacial score (nSPS) is 11.6. The molecule has 1 aromatic carbocycles. The van der Waals surface area contributed by atoms with Crippen molar-refractivity contribution in [3.05, 3.63) is 29.8 Å². The molecular formula is C11H12O4. The van der Waals surface area contributed by atoms with Crippen LogP contribution in [0.25, 0.3) is 0 Å². The van der Waals surface area contributed by atoms with Gasteiger partial charge in [0.1, 0.15) is 18.0 Å². The summed E-state index contributed by atoms with van der Waals surface area (Å²) >= 11 is 0. The Morgan fingerprint density at radius 1 is 1.40 bits per heavy atom. The Bertz CT molecular complexity index is 359. The number of carbonyl (C=O) groups is 2. The third kappa shape index (κ3) is 2.56. The van der Waals surface area contributed by atoms with Gasteiger partial charge in [-0.2, -0.15) is 0 Å². The minimum Gasteiger partial charge on any atom is -0.497 e. The van der Waals surface area contributed by atoms with Crippen LogP contribution in [0.3, 0.4) is 0 Å². The monoisotopic (exact) mass is 208 g/mol. The summed E-state index contributed by atoms with van der Waals surface area (Å²) in [7, 11) is 2.77. The summed E-state index contributed by atoms with van der Waals surface area (Å²) in [5, 5.41) is 0. The molecule has 4 heteroatoms. The summed E-state index contributed by atoms with van der Waals surface area (Å²) in [6.45, 7) is 0. The Morgan fingerprint density at radius 3 is 2.67 bits per heavy atom. The Morgan fingerprint density at radius 2 is 2.13 bits per heavy atom. The molecule has 0 spiro atoms. The van der Waals surface area contributed by atoms with E-state index >= 15 is 0 Å². The minimum atomic E-state index is -0.884. The zero-order valence-electron chi connectivity index (χ0n) is 8.60. The number of esters is 1. The fourth-order valence-corrected chi connectivity index (χ4v) is 1.23. The number of carbonyl (C=O) groups excluding carboxylic acids is 2. The molecule has 1 atom stereocenters. The van der Waals surface area contributed by atoms with Gasteiger partial charge in [-0.05, 0) is 17.7 Å². The van der Waals surface area contributed by atoms with Gasteiger partial charge < -0.3 is 14.3 Å². The molecule has 0 aliphatic carbocycles. The highest BCUT2D eigenvalue weighted by Crippen LogP contribution is 2.20. The number of ether oxygens (including phenoxy) is 2. The quantitative estimate of drug-likeness (QED) is 0.423. The molecule has 0 saturated carbocycles. The van der Waals surface area contributed by atoms with Crippen molar-refractivity contribution in [2.45, 2.75) is 5.92 Å². The smallest absolute Gasteiger partial charge is 0.320 e. The molecule has 4 nitrogen and oxygen atoms in total. The highest BCUT2D eigenvalue weighted by Gasteiger charge is 2.20. The van der Waals surface area contributed by atoms with Gasteiger partial charge in [-0.15, -0.1) is 0 Å². The Kier molecular flexibility index (Phi) is 3.85. The molecule has 0 aliphatic rings. The second kappa shape index (κ2) is 5.14. The topological polar surface area (TPSA) is 52.6 Å². The molecule has 0 N–H and O–H groups in total.